The second kappa shape index (κ2) is 7.73. The zero-order chi connectivity index (χ0) is 15.3. The Kier molecular flexibility index (Phi) is 7.75. The minimum atomic E-state index is -4.31. The maximum absolute atomic E-state index is 11.9. The van der Waals surface area contributed by atoms with E-state index in [9.17, 15) is 18.0 Å². The highest BCUT2D eigenvalue weighted by atomic mass is 32.2. The molecule has 1 unspecified atom stereocenters. The first-order valence-corrected chi connectivity index (χ1v) is 7.95. The summed E-state index contributed by atoms with van der Waals surface area (Å²) in [5.41, 5.74) is 0. The summed E-state index contributed by atoms with van der Waals surface area (Å²) in [6.07, 6.45) is -3.60. The van der Waals surface area contributed by atoms with Gasteiger partial charge in [0.05, 0.1) is 18.9 Å². The van der Waals surface area contributed by atoms with E-state index in [1.807, 2.05) is 20.1 Å². The van der Waals surface area contributed by atoms with Gasteiger partial charge in [-0.05, 0) is 20.1 Å². The molecule has 1 atom stereocenters. The highest BCUT2D eigenvalue weighted by Gasteiger charge is 2.35. The predicted molar refractivity (Wildman–Crippen MR) is 78.6 cm³/mol. The van der Waals surface area contributed by atoms with E-state index < -0.39 is 35.8 Å². The summed E-state index contributed by atoms with van der Waals surface area (Å²) >= 11 is 7.81. The van der Waals surface area contributed by atoms with Crippen LogP contribution in [0, 0.1) is 5.92 Å². The number of ether oxygens (including phenoxy) is 1. The van der Waals surface area contributed by atoms with Crippen molar-refractivity contribution in [2.45, 2.75) is 38.1 Å². The van der Waals surface area contributed by atoms with Crippen LogP contribution in [0.15, 0.2) is 0 Å². The van der Waals surface area contributed by atoms with Crippen LogP contribution in [0.1, 0.15) is 27.2 Å². The molecule has 0 fully saturated rings. The van der Waals surface area contributed by atoms with E-state index in [-0.39, 0.29) is 0 Å². The van der Waals surface area contributed by atoms with E-state index in [0.29, 0.717) is 3.53 Å². The van der Waals surface area contributed by atoms with E-state index in [1.54, 1.807) is 6.92 Å². The highest BCUT2D eigenvalue weighted by molar-refractivity contribution is 8.47. The Morgan fingerprint density at radius 1 is 1.37 bits per heavy atom. The maximum atomic E-state index is 11.9. The lowest BCUT2D eigenvalue weighted by Gasteiger charge is -2.29. The first kappa shape index (κ1) is 19.1. The van der Waals surface area contributed by atoms with Crippen LogP contribution in [0.4, 0.5) is 13.2 Å². The van der Waals surface area contributed by atoms with Gasteiger partial charge in [-0.25, -0.2) is 0 Å². The summed E-state index contributed by atoms with van der Waals surface area (Å²) in [5, 5.41) is 0. The molecule has 0 aromatic rings. The summed E-state index contributed by atoms with van der Waals surface area (Å²) < 4.78 is 40.7. The van der Waals surface area contributed by atoms with Crippen LogP contribution in [0.3, 0.4) is 0 Å². The first-order valence-electron chi connectivity index (χ1n) is 5.50. The molecule has 19 heavy (non-hydrogen) atoms. The number of thioether (sulfide) groups is 2. The number of esters is 1. The van der Waals surface area contributed by atoms with Gasteiger partial charge in [0.15, 0.2) is 0 Å². The second-order valence-corrected chi connectivity index (χ2v) is 8.08. The average molecular weight is 334 g/mol. The molecule has 112 valence electrons. The molecular formula is C11H17F3O2S3. The van der Waals surface area contributed by atoms with Crippen LogP contribution >= 0.6 is 35.7 Å². The molecule has 0 radical (unpaired) electrons. The van der Waals surface area contributed by atoms with Crippen molar-refractivity contribution < 1.29 is 22.7 Å². The van der Waals surface area contributed by atoms with E-state index in [4.69, 9.17) is 12.2 Å². The Balaban J connectivity index is 4.35. The fraction of sp³-hybridized carbons (Fsp3) is 0.818. The topological polar surface area (TPSA) is 26.3 Å². The van der Waals surface area contributed by atoms with Crippen molar-refractivity contribution in [2.75, 3.05) is 12.9 Å². The highest BCUT2D eigenvalue weighted by Crippen LogP contribution is 2.36. The van der Waals surface area contributed by atoms with Crippen molar-refractivity contribution in [1.29, 1.82) is 0 Å². The van der Waals surface area contributed by atoms with Gasteiger partial charge in [-0.1, -0.05) is 19.1 Å². The lowest BCUT2D eigenvalue weighted by atomic mass is 9.97. The minimum absolute atomic E-state index is 0.518. The van der Waals surface area contributed by atoms with E-state index in [2.05, 4.69) is 4.74 Å². The summed E-state index contributed by atoms with van der Waals surface area (Å²) in [5.74, 6) is -1.18. The van der Waals surface area contributed by atoms with Crippen molar-refractivity contribution >= 4 is 45.2 Å². The van der Waals surface area contributed by atoms with Gasteiger partial charge >= 0.3 is 12.1 Å². The zero-order valence-corrected chi connectivity index (χ0v) is 13.6. The van der Waals surface area contributed by atoms with Gasteiger partial charge in [-0.15, -0.1) is 23.5 Å². The van der Waals surface area contributed by atoms with Gasteiger partial charge in [0.25, 0.3) is 0 Å². The monoisotopic (exact) mass is 334 g/mol. The maximum Gasteiger partial charge on any atom is 0.392 e. The second-order valence-electron chi connectivity index (χ2n) is 4.41. The predicted octanol–water partition coefficient (Wildman–Crippen LogP) is 4.28. The average Bonchev–Trinajstić information content (AvgIpc) is 2.25. The van der Waals surface area contributed by atoms with Crippen molar-refractivity contribution in [2.24, 2.45) is 5.92 Å². The van der Waals surface area contributed by atoms with Crippen molar-refractivity contribution in [1.82, 2.24) is 0 Å². The number of carbonyl (C=O) groups is 1. The molecule has 0 rings (SSSR count). The summed E-state index contributed by atoms with van der Waals surface area (Å²) in [6, 6.07) is 0. The SMILES string of the molecule is CSC(=S)SC(C)(C)C(C)C(=O)OCCC(F)(F)F. The largest absolute Gasteiger partial charge is 0.465 e. The molecule has 0 heterocycles. The van der Waals surface area contributed by atoms with Crippen LogP contribution in [-0.4, -0.2) is 33.3 Å². The van der Waals surface area contributed by atoms with E-state index >= 15 is 0 Å². The minimum Gasteiger partial charge on any atom is -0.465 e. The van der Waals surface area contributed by atoms with Crippen LogP contribution < -0.4 is 0 Å². The van der Waals surface area contributed by atoms with E-state index in [0.717, 1.165) is 0 Å². The third-order valence-corrected chi connectivity index (χ3v) is 5.42. The summed E-state index contributed by atoms with van der Waals surface area (Å²) in [7, 11) is 0. The lowest BCUT2D eigenvalue weighted by molar-refractivity contribution is -0.162. The molecule has 0 aromatic heterocycles. The molecule has 0 amide bonds. The third-order valence-electron chi connectivity index (χ3n) is 2.54. The molecule has 0 saturated carbocycles. The fourth-order valence-corrected chi connectivity index (χ4v) is 3.35. The van der Waals surface area contributed by atoms with Gasteiger partial charge in [0, 0.05) is 4.75 Å². The molecule has 2 nitrogen and oxygen atoms in total. The number of halogens is 3. The Morgan fingerprint density at radius 3 is 2.32 bits per heavy atom. The number of hydrogen-bond acceptors (Lipinski definition) is 5. The van der Waals surface area contributed by atoms with Crippen LogP contribution in [0.5, 0.6) is 0 Å². The summed E-state index contributed by atoms with van der Waals surface area (Å²) in [4.78, 5) is 11.7. The number of thiocarbonyl (C=S) groups is 1. The quantitative estimate of drug-likeness (QED) is 0.552. The lowest BCUT2D eigenvalue weighted by Crippen LogP contribution is -2.34. The molecular weight excluding hydrogens is 317 g/mol. The zero-order valence-electron chi connectivity index (χ0n) is 11.2. The standard InChI is InChI=1S/C11H17F3O2S3/c1-7(10(2,3)19-9(17)18-4)8(15)16-6-5-11(12,13)14/h7H,5-6H2,1-4H3. The van der Waals surface area contributed by atoms with Gasteiger partial charge in [0.2, 0.25) is 0 Å². The van der Waals surface area contributed by atoms with Crippen LogP contribution in [0.25, 0.3) is 0 Å². The van der Waals surface area contributed by atoms with Gasteiger partial charge in [-0.2, -0.15) is 13.2 Å². The van der Waals surface area contributed by atoms with Crippen LogP contribution in [0.2, 0.25) is 0 Å². The van der Waals surface area contributed by atoms with Crippen molar-refractivity contribution in [3.8, 4) is 0 Å². The Bertz CT molecular complexity index is 330. The van der Waals surface area contributed by atoms with Gasteiger partial charge < -0.3 is 4.74 Å². The molecule has 0 aliphatic heterocycles. The van der Waals surface area contributed by atoms with Gasteiger partial charge in [0.1, 0.15) is 3.53 Å². The van der Waals surface area contributed by atoms with Gasteiger partial charge in [-0.3, -0.25) is 4.79 Å². The van der Waals surface area contributed by atoms with Crippen molar-refractivity contribution in [3.63, 3.8) is 0 Å². The molecule has 0 aromatic carbocycles. The molecule has 8 heteroatoms. The molecule has 0 bridgehead atoms. The Labute approximate surface area is 125 Å². The first-order chi connectivity index (χ1) is 8.49. The molecule has 0 saturated heterocycles. The number of carbonyl (C=O) groups excluding carboxylic acids is 1. The van der Waals surface area contributed by atoms with Crippen LogP contribution in [-0.2, 0) is 9.53 Å². The van der Waals surface area contributed by atoms with Crippen molar-refractivity contribution in [3.05, 3.63) is 0 Å². The Hall–Kier alpha value is 0.0500. The fourth-order valence-electron chi connectivity index (χ4n) is 1.02. The Morgan fingerprint density at radius 2 is 1.89 bits per heavy atom. The molecule has 0 spiro atoms. The molecule has 0 aliphatic carbocycles. The number of rotatable bonds is 5. The number of alkyl halides is 3. The summed E-state index contributed by atoms with van der Waals surface area (Å²) in [6.45, 7) is 4.62. The smallest absolute Gasteiger partial charge is 0.392 e. The molecule has 0 N–H and O–H groups in total. The van der Waals surface area contributed by atoms with E-state index in [1.165, 1.54) is 23.5 Å². The number of hydrogen-bond donors (Lipinski definition) is 0. The normalized spacial score (nSPS) is 14.1. The third kappa shape index (κ3) is 8.04. The molecule has 0 aliphatic rings.